The minimum Gasteiger partial charge on any atom is -0.508 e. The van der Waals surface area contributed by atoms with Gasteiger partial charge in [0.25, 0.3) is 5.91 Å². The van der Waals surface area contributed by atoms with Crippen molar-refractivity contribution in [3.63, 3.8) is 0 Å². The summed E-state index contributed by atoms with van der Waals surface area (Å²) >= 11 is 2.21. The molecule has 0 aliphatic carbocycles. The summed E-state index contributed by atoms with van der Waals surface area (Å²) in [6.45, 7) is 2.48. The molecule has 6 heteroatoms. The van der Waals surface area contributed by atoms with Gasteiger partial charge in [0.15, 0.2) is 0 Å². The first-order chi connectivity index (χ1) is 12.0. The van der Waals surface area contributed by atoms with E-state index in [0.717, 1.165) is 14.7 Å². The highest BCUT2D eigenvalue weighted by molar-refractivity contribution is 14.1. The Balaban J connectivity index is 1.91. The van der Waals surface area contributed by atoms with Crippen LogP contribution in [-0.4, -0.2) is 17.6 Å². The summed E-state index contributed by atoms with van der Waals surface area (Å²) in [6, 6.07) is 14.5. The number of phenolic OH excluding ortho intramolecular Hbond substituents is 1. The van der Waals surface area contributed by atoms with Crippen molar-refractivity contribution in [1.29, 1.82) is 5.26 Å². The van der Waals surface area contributed by atoms with Crippen molar-refractivity contribution in [2.24, 2.45) is 0 Å². The Hall–Kier alpha value is -2.53. The van der Waals surface area contributed by atoms with Gasteiger partial charge in [0.2, 0.25) is 0 Å². The lowest BCUT2D eigenvalue weighted by atomic mass is 10.1. The Bertz CT molecular complexity index is 824. The summed E-state index contributed by atoms with van der Waals surface area (Å²) in [5, 5.41) is 24.2. The number of phenols is 1. The summed E-state index contributed by atoms with van der Waals surface area (Å²) in [7, 11) is 0. The molecule has 1 amide bonds. The maximum Gasteiger partial charge on any atom is 0.267 e. The number of nitriles is 1. The highest BCUT2D eigenvalue weighted by atomic mass is 127. The first-order valence-electron chi connectivity index (χ1n) is 7.68. The van der Waals surface area contributed by atoms with Crippen molar-refractivity contribution in [2.45, 2.75) is 13.3 Å². The van der Waals surface area contributed by atoms with E-state index in [1.54, 1.807) is 12.1 Å². The van der Waals surface area contributed by atoms with Crippen LogP contribution in [0.15, 0.2) is 54.2 Å². The summed E-state index contributed by atoms with van der Waals surface area (Å²) < 4.78 is 1.08. The molecule has 0 saturated carbocycles. The van der Waals surface area contributed by atoms with Crippen molar-refractivity contribution in [3.8, 4) is 11.8 Å². The number of amides is 1. The largest absolute Gasteiger partial charge is 0.508 e. The molecule has 0 bridgehead atoms. The van der Waals surface area contributed by atoms with Gasteiger partial charge in [0, 0.05) is 22.0 Å². The van der Waals surface area contributed by atoms with Gasteiger partial charge in [-0.25, -0.2) is 0 Å². The third-order valence-electron chi connectivity index (χ3n) is 3.54. The van der Waals surface area contributed by atoms with Crippen LogP contribution in [0.25, 0.3) is 0 Å². The molecule has 0 aliphatic heterocycles. The predicted molar refractivity (Wildman–Crippen MR) is 106 cm³/mol. The van der Waals surface area contributed by atoms with Crippen molar-refractivity contribution < 1.29 is 9.90 Å². The second-order valence-electron chi connectivity index (χ2n) is 5.45. The van der Waals surface area contributed by atoms with Crippen LogP contribution in [0.1, 0.15) is 11.1 Å². The molecule has 5 nitrogen and oxygen atoms in total. The molecular formula is C19H18IN3O2. The van der Waals surface area contributed by atoms with Gasteiger partial charge >= 0.3 is 0 Å². The Labute approximate surface area is 160 Å². The van der Waals surface area contributed by atoms with Gasteiger partial charge in [-0.15, -0.1) is 0 Å². The lowest BCUT2D eigenvalue weighted by Gasteiger charge is -2.08. The van der Waals surface area contributed by atoms with E-state index in [2.05, 4.69) is 33.2 Å². The molecule has 2 rings (SSSR count). The molecule has 0 aliphatic rings. The molecule has 0 spiro atoms. The van der Waals surface area contributed by atoms with Crippen molar-refractivity contribution in [2.75, 3.05) is 11.9 Å². The van der Waals surface area contributed by atoms with Crippen molar-refractivity contribution in [3.05, 3.63) is 68.9 Å². The fraction of sp³-hybridized carbons (Fsp3) is 0.158. The number of hydrogen-bond acceptors (Lipinski definition) is 4. The molecule has 0 aromatic heterocycles. The van der Waals surface area contributed by atoms with E-state index >= 15 is 0 Å². The number of rotatable bonds is 6. The van der Waals surface area contributed by atoms with E-state index in [9.17, 15) is 15.2 Å². The highest BCUT2D eigenvalue weighted by Gasteiger charge is 2.10. The predicted octanol–water partition coefficient (Wildman–Crippen LogP) is 3.48. The standard InChI is InChI=1S/C19H18IN3O2/c1-13-10-16(20)4-7-18(13)23-19(25)15(11-21)12-22-9-8-14-2-5-17(24)6-3-14/h2-7,10,12,22,24H,8-9H2,1H3,(H,23,25)/b15-12-. The zero-order chi connectivity index (χ0) is 18.2. The number of carbonyl (C=O) groups excluding carboxylic acids is 1. The van der Waals surface area contributed by atoms with Gasteiger partial charge in [0.1, 0.15) is 17.4 Å². The number of anilines is 1. The van der Waals surface area contributed by atoms with E-state index in [1.165, 1.54) is 6.20 Å². The van der Waals surface area contributed by atoms with Crippen LogP contribution in [0.2, 0.25) is 0 Å². The Morgan fingerprint density at radius 2 is 2.00 bits per heavy atom. The highest BCUT2D eigenvalue weighted by Crippen LogP contribution is 2.18. The molecule has 0 unspecified atom stereocenters. The fourth-order valence-corrected chi connectivity index (χ4v) is 2.81. The molecule has 0 fully saturated rings. The summed E-state index contributed by atoms with van der Waals surface area (Å²) in [5.74, 6) is -0.213. The van der Waals surface area contributed by atoms with Gasteiger partial charge < -0.3 is 15.7 Å². The van der Waals surface area contributed by atoms with Crippen LogP contribution in [0.4, 0.5) is 5.69 Å². The molecule has 0 radical (unpaired) electrons. The van der Waals surface area contributed by atoms with Crippen LogP contribution in [-0.2, 0) is 11.2 Å². The monoisotopic (exact) mass is 447 g/mol. The molecule has 2 aromatic carbocycles. The number of carbonyl (C=O) groups is 1. The van der Waals surface area contributed by atoms with Crippen LogP contribution < -0.4 is 10.6 Å². The molecule has 0 saturated heterocycles. The second kappa shape index (κ2) is 9.08. The maximum atomic E-state index is 12.2. The van der Waals surface area contributed by atoms with Crippen molar-refractivity contribution >= 4 is 34.2 Å². The normalized spacial score (nSPS) is 10.8. The van der Waals surface area contributed by atoms with E-state index in [0.29, 0.717) is 18.7 Å². The first-order valence-corrected chi connectivity index (χ1v) is 8.76. The van der Waals surface area contributed by atoms with Gasteiger partial charge in [-0.1, -0.05) is 12.1 Å². The Kier molecular flexibility index (Phi) is 6.83. The molecule has 2 aromatic rings. The molecule has 3 N–H and O–H groups in total. The summed E-state index contributed by atoms with van der Waals surface area (Å²) in [6.07, 6.45) is 2.14. The average Bonchev–Trinajstić information content (AvgIpc) is 2.59. The van der Waals surface area contributed by atoms with E-state index in [4.69, 9.17) is 0 Å². The van der Waals surface area contributed by atoms with E-state index in [1.807, 2.05) is 43.3 Å². The second-order valence-corrected chi connectivity index (χ2v) is 6.70. The van der Waals surface area contributed by atoms with Crippen LogP contribution in [0.5, 0.6) is 5.75 Å². The minimum absolute atomic E-state index is 0.0173. The van der Waals surface area contributed by atoms with Crippen LogP contribution in [0, 0.1) is 21.8 Å². The van der Waals surface area contributed by atoms with E-state index in [-0.39, 0.29) is 11.3 Å². The maximum absolute atomic E-state index is 12.2. The number of hydrogen-bond donors (Lipinski definition) is 3. The third kappa shape index (κ3) is 5.80. The molecule has 0 heterocycles. The van der Waals surface area contributed by atoms with Gasteiger partial charge in [-0.05, 0) is 77.4 Å². The fourth-order valence-electron chi connectivity index (χ4n) is 2.16. The number of nitrogens with one attached hydrogen (secondary N) is 2. The summed E-state index contributed by atoms with van der Waals surface area (Å²) in [5.41, 5.74) is 2.70. The first kappa shape index (κ1) is 18.8. The topological polar surface area (TPSA) is 85.2 Å². The lowest BCUT2D eigenvalue weighted by Crippen LogP contribution is -2.18. The lowest BCUT2D eigenvalue weighted by molar-refractivity contribution is -0.112. The van der Waals surface area contributed by atoms with Crippen LogP contribution in [0.3, 0.4) is 0 Å². The van der Waals surface area contributed by atoms with Gasteiger partial charge in [0.05, 0.1) is 0 Å². The Morgan fingerprint density at radius 3 is 2.64 bits per heavy atom. The average molecular weight is 447 g/mol. The number of nitrogens with zero attached hydrogens (tertiary/aromatic N) is 1. The SMILES string of the molecule is Cc1cc(I)ccc1NC(=O)/C(C#N)=C\NCCc1ccc(O)cc1. The van der Waals surface area contributed by atoms with Gasteiger partial charge in [-0.3, -0.25) is 4.79 Å². The Morgan fingerprint density at radius 1 is 1.28 bits per heavy atom. The zero-order valence-corrected chi connectivity index (χ0v) is 15.9. The minimum atomic E-state index is -0.441. The summed E-state index contributed by atoms with van der Waals surface area (Å²) in [4.78, 5) is 12.2. The van der Waals surface area contributed by atoms with E-state index < -0.39 is 5.91 Å². The number of aryl methyl sites for hydroxylation is 1. The molecular weight excluding hydrogens is 429 g/mol. The van der Waals surface area contributed by atoms with Gasteiger partial charge in [-0.2, -0.15) is 5.26 Å². The quantitative estimate of drug-likeness (QED) is 0.274. The van der Waals surface area contributed by atoms with Crippen molar-refractivity contribution in [1.82, 2.24) is 5.32 Å². The number of benzene rings is 2. The zero-order valence-electron chi connectivity index (χ0n) is 13.7. The third-order valence-corrected chi connectivity index (χ3v) is 4.21. The molecule has 0 atom stereocenters. The smallest absolute Gasteiger partial charge is 0.267 e. The van der Waals surface area contributed by atoms with Crippen LogP contribution >= 0.6 is 22.6 Å². The number of halogens is 1. The molecule has 128 valence electrons. The number of aromatic hydroxyl groups is 1. The molecule has 25 heavy (non-hydrogen) atoms.